The van der Waals surface area contributed by atoms with Gasteiger partial charge in [-0.15, -0.1) is 0 Å². The van der Waals surface area contributed by atoms with E-state index in [1.165, 1.54) is 12.1 Å². The Labute approximate surface area is 115 Å². The molecule has 3 nitrogen and oxygen atoms in total. The second-order valence-electron chi connectivity index (χ2n) is 4.52. The van der Waals surface area contributed by atoms with Crippen LogP contribution in [-0.2, 0) is 6.54 Å². The summed E-state index contributed by atoms with van der Waals surface area (Å²) in [6.07, 6.45) is 0. The Bertz CT molecular complexity index is 764. The molecule has 0 amide bonds. The summed E-state index contributed by atoms with van der Waals surface area (Å²) in [5.74, 6) is 1.14. The third kappa shape index (κ3) is 2.14. The first kappa shape index (κ1) is 12.7. The first-order valence-corrected chi connectivity index (χ1v) is 6.27. The van der Waals surface area contributed by atoms with E-state index < -0.39 is 0 Å². The summed E-state index contributed by atoms with van der Waals surface area (Å²) in [6.45, 7) is 0.373. The zero-order valence-electron chi connectivity index (χ0n) is 11.0. The van der Waals surface area contributed by atoms with E-state index in [1.54, 1.807) is 13.2 Å². The lowest BCUT2D eigenvalue weighted by atomic mass is 10.0. The molecule has 3 rings (SSSR count). The molecule has 20 heavy (non-hydrogen) atoms. The topological polar surface area (TPSA) is 48.4 Å². The number of nitrogens with two attached hydrogens (primary N) is 1. The summed E-state index contributed by atoms with van der Waals surface area (Å²) in [6, 6.07) is 11.9. The van der Waals surface area contributed by atoms with Crippen molar-refractivity contribution in [3.63, 3.8) is 0 Å². The fraction of sp³-hybridized carbons (Fsp3) is 0.125. The van der Waals surface area contributed by atoms with Gasteiger partial charge in [0, 0.05) is 17.5 Å². The number of ether oxygens (including phenoxy) is 1. The van der Waals surface area contributed by atoms with Crippen LogP contribution in [0.2, 0.25) is 0 Å². The third-order valence-corrected chi connectivity index (χ3v) is 3.28. The number of furan rings is 1. The maximum absolute atomic E-state index is 13.2. The zero-order valence-corrected chi connectivity index (χ0v) is 11.0. The van der Waals surface area contributed by atoms with Gasteiger partial charge in [-0.25, -0.2) is 4.39 Å². The van der Waals surface area contributed by atoms with Crippen LogP contribution in [0.15, 0.2) is 46.9 Å². The van der Waals surface area contributed by atoms with Gasteiger partial charge in [-0.2, -0.15) is 0 Å². The molecule has 0 bridgehead atoms. The van der Waals surface area contributed by atoms with Gasteiger partial charge in [-0.05, 0) is 48.0 Å². The minimum absolute atomic E-state index is 0.279. The Kier molecular flexibility index (Phi) is 3.16. The quantitative estimate of drug-likeness (QED) is 0.790. The van der Waals surface area contributed by atoms with Crippen molar-refractivity contribution in [3.05, 3.63) is 53.8 Å². The molecule has 0 aliphatic carbocycles. The molecule has 1 heterocycles. The van der Waals surface area contributed by atoms with Gasteiger partial charge < -0.3 is 14.9 Å². The molecule has 0 fully saturated rings. The molecule has 1 aromatic heterocycles. The van der Waals surface area contributed by atoms with Gasteiger partial charge in [0.25, 0.3) is 0 Å². The molecule has 0 aliphatic heterocycles. The van der Waals surface area contributed by atoms with Crippen molar-refractivity contribution in [1.82, 2.24) is 0 Å². The molecule has 0 spiro atoms. The van der Waals surface area contributed by atoms with Gasteiger partial charge in [-0.1, -0.05) is 0 Å². The van der Waals surface area contributed by atoms with Crippen molar-refractivity contribution < 1.29 is 13.5 Å². The lowest BCUT2D eigenvalue weighted by Crippen LogP contribution is -1.99. The molecule has 0 atom stereocenters. The highest BCUT2D eigenvalue weighted by molar-refractivity contribution is 5.83. The average molecular weight is 271 g/mol. The first-order valence-electron chi connectivity index (χ1n) is 6.27. The molecule has 102 valence electrons. The fourth-order valence-corrected chi connectivity index (χ4v) is 2.25. The molecule has 4 heteroatoms. The summed E-state index contributed by atoms with van der Waals surface area (Å²) < 4.78 is 24.2. The molecule has 0 radical (unpaired) electrons. The number of methoxy groups -OCH3 is 1. The number of halogens is 1. The highest BCUT2D eigenvalue weighted by Crippen LogP contribution is 2.32. The molecule has 0 aliphatic rings. The van der Waals surface area contributed by atoms with Gasteiger partial charge in [0.05, 0.1) is 7.11 Å². The van der Waals surface area contributed by atoms with E-state index in [0.29, 0.717) is 17.9 Å². The zero-order chi connectivity index (χ0) is 14.1. The van der Waals surface area contributed by atoms with Crippen LogP contribution in [0.25, 0.3) is 22.3 Å². The lowest BCUT2D eigenvalue weighted by Gasteiger charge is -2.07. The summed E-state index contributed by atoms with van der Waals surface area (Å²) in [4.78, 5) is 0. The van der Waals surface area contributed by atoms with Gasteiger partial charge in [0.15, 0.2) is 0 Å². The van der Waals surface area contributed by atoms with E-state index in [9.17, 15) is 4.39 Å². The van der Waals surface area contributed by atoms with Crippen LogP contribution >= 0.6 is 0 Å². The van der Waals surface area contributed by atoms with Gasteiger partial charge >= 0.3 is 0 Å². The van der Waals surface area contributed by atoms with E-state index in [1.807, 2.05) is 24.3 Å². The molecule has 0 saturated carbocycles. The van der Waals surface area contributed by atoms with Crippen molar-refractivity contribution in [1.29, 1.82) is 0 Å². The Morgan fingerprint density at radius 1 is 1.15 bits per heavy atom. The number of fused-ring (bicyclic) bond motifs is 1. The predicted octanol–water partition coefficient (Wildman–Crippen LogP) is 3.71. The van der Waals surface area contributed by atoms with E-state index in [-0.39, 0.29) is 5.82 Å². The van der Waals surface area contributed by atoms with E-state index >= 15 is 0 Å². The Morgan fingerprint density at radius 2 is 2.00 bits per heavy atom. The summed E-state index contributed by atoms with van der Waals surface area (Å²) in [5.41, 5.74) is 8.24. The van der Waals surface area contributed by atoms with Crippen molar-refractivity contribution in [2.45, 2.75) is 6.54 Å². The molecule has 2 aromatic carbocycles. The van der Waals surface area contributed by atoms with Crippen LogP contribution in [0, 0.1) is 5.82 Å². The van der Waals surface area contributed by atoms with Crippen LogP contribution < -0.4 is 10.5 Å². The highest BCUT2D eigenvalue weighted by Gasteiger charge is 2.11. The Morgan fingerprint density at radius 3 is 2.75 bits per heavy atom. The predicted molar refractivity (Wildman–Crippen MR) is 76.1 cm³/mol. The number of hydrogen-bond acceptors (Lipinski definition) is 3. The third-order valence-electron chi connectivity index (χ3n) is 3.28. The van der Waals surface area contributed by atoms with E-state index in [2.05, 4.69) is 0 Å². The van der Waals surface area contributed by atoms with Crippen LogP contribution in [0.5, 0.6) is 5.75 Å². The first-order chi connectivity index (χ1) is 9.71. The standard InChI is InChI=1S/C16H14FNO2/c1-19-13-3-4-14(11(7-13)9-18)16-8-10-6-12(17)2-5-15(10)20-16/h2-8H,9,18H2,1H3. The Hall–Kier alpha value is -2.33. The van der Waals surface area contributed by atoms with Crippen LogP contribution in [0.3, 0.4) is 0 Å². The Balaban J connectivity index is 2.14. The van der Waals surface area contributed by atoms with Gasteiger partial charge in [-0.3, -0.25) is 0 Å². The molecule has 0 unspecified atom stereocenters. The lowest BCUT2D eigenvalue weighted by molar-refractivity contribution is 0.414. The highest BCUT2D eigenvalue weighted by atomic mass is 19.1. The molecular formula is C16H14FNO2. The minimum atomic E-state index is -0.279. The van der Waals surface area contributed by atoms with Crippen molar-refractivity contribution in [3.8, 4) is 17.1 Å². The van der Waals surface area contributed by atoms with Crippen molar-refractivity contribution >= 4 is 11.0 Å². The summed E-state index contributed by atoms with van der Waals surface area (Å²) in [7, 11) is 1.61. The summed E-state index contributed by atoms with van der Waals surface area (Å²) in [5, 5.41) is 0.735. The van der Waals surface area contributed by atoms with Gasteiger partial charge in [0.1, 0.15) is 22.9 Å². The number of rotatable bonds is 3. The fourth-order valence-electron chi connectivity index (χ4n) is 2.25. The molecule has 2 N–H and O–H groups in total. The maximum atomic E-state index is 13.2. The smallest absolute Gasteiger partial charge is 0.135 e. The van der Waals surface area contributed by atoms with E-state index in [4.69, 9.17) is 14.9 Å². The summed E-state index contributed by atoms with van der Waals surface area (Å²) >= 11 is 0. The average Bonchev–Trinajstić information content (AvgIpc) is 2.89. The molecule has 0 saturated heterocycles. The largest absolute Gasteiger partial charge is 0.497 e. The second kappa shape index (κ2) is 4.98. The van der Waals surface area contributed by atoms with Gasteiger partial charge in [0.2, 0.25) is 0 Å². The van der Waals surface area contributed by atoms with Crippen LogP contribution in [0.4, 0.5) is 4.39 Å². The minimum Gasteiger partial charge on any atom is -0.497 e. The van der Waals surface area contributed by atoms with E-state index in [0.717, 1.165) is 22.3 Å². The molecular weight excluding hydrogens is 257 g/mol. The molecule has 3 aromatic rings. The van der Waals surface area contributed by atoms with Crippen LogP contribution in [-0.4, -0.2) is 7.11 Å². The van der Waals surface area contributed by atoms with Crippen molar-refractivity contribution in [2.75, 3.05) is 7.11 Å². The monoisotopic (exact) mass is 271 g/mol. The second-order valence-corrected chi connectivity index (χ2v) is 4.52. The van der Waals surface area contributed by atoms with Crippen molar-refractivity contribution in [2.24, 2.45) is 5.73 Å². The number of benzene rings is 2. The number of hydrogen-bond donors (Lipinski definition) is 1. The van der Waals surface area contributed by atoms with Crippen LogP contribution in [0.1, 0.15) is 5.56 Å². The SMILES string of the molecule is COc1ccc(-c2cc3cc(F)ccc3o2)c(CN)c1. The normalized spacial score (nSPS) is 10.9. The maximum Gasteiger partial charge on any atom is 0.135 e.